The van der Waals surface area contributed by atoms with E-state index in [9.17, 15) is 0 Å². The van der Waals surface area contributed by atoms with E-state index in [4.69, 9.17) is 10.0 Å². The molecule has 0 aliphatic heterocycles. The molecule has 5 heteroatoms. The third kappa shape index (κ3) is 0.880. The lowest BCUT2D eigenvalue weighted by Gasteiger charge is -1.84. The zero-order valence-corrected chi connectivity index (χ0v) is 3.98. The molecular formula is C3H4BNO3. The van der Waals surface area contributed by atoms with Gasteiger partial charge in [-0.15, -0.1) is 0 Å². The molecule has 8 heavy (non-hydrogen) atoms. The maximum atomic E-state index is 8.33. The minimum Gasteiger partial charge on any atom is -0.421 e. The lowest BCUT2D eigenvalue weighted by atomic mass is 9.88. The van der Waals surface area contributed by atoms with Gasteiger partial charge >= 0.3 is 7.12 Å². The summed E-state index contributed by atoms with van der Waals surface area (Å²) < 4.78 is 4.34. The average Bonchev–Trinajstić information content (AvgIpc) is 2.12. The first-order valence-electron chi connectivity index (χ1n) is 2.07. The Balaban J connectivity index is 2.77. The fourth-order valence-corrected chi connectivity index (χ4v) is 0.359. The van der Waals surface area contributed by atoms with Crippen molar-refractivity contribution in [3.8, 4) is 0 Å². The predicted octanol–water partition coefficient (Wildman–Crippen LogP) is -1.65. The standard InChI is InChI=1S/C3H4BNO3/c6-4(7)3-1-2-5-8-3/h1-2,6-7H. The largest absolute Gasteiger partial charge is 0.529 e. The highest BCUT2D eigenvalue weighted by molar-refractivity contribution is 6.56. The van der Waals surface area contributed by atoms with Gasteiger partial charge in [0.15, 0.2) is 5.66 Å². The summed E-state index contributed by atoms with van der Waals surface area (Å²) in [5, 5.41) is 19.9. The quantitative estimate of drug-likeness (QED) is 0.428. The summed E-state index contributed by atoms with van der Waals surface area (Å²) in [5.41, 5.74) is 0.0602. The summed E-state index contributed by atoms with van der Waals surface area (Å²) in [4.78, 5) is 0. The van der Waals surface area contributed by atoms with Crippen molar-refractivity contribution in [3.63, 3.8) is 0 Å². The molecule has 0 fully saturated rings. The number of rotatable bonds is 1. The molecule has 0 amide bonds. The number of aromatic nitrogens is 1. The Kier molecular flexibility index (Phi) is 1.32. The minimum absolute atomic E-state index is 0.0602. The van der Waals surface area contributed by atoms with E-state index in [0.717, 1.165) is 0 Å². The summed E-state index contributed by atoms with van der Waals surface area (Å²) in [6, 6.07) is 1.38. The van der Waals surface area contributed by atoms with Gasteiger partial charge in [-0.1, -0.05) is 5.16 Å². The number of hydrogen-bond acceptors (Lipinski definition) is 4. The van der Waals surface area contributed by atoms with Crippen LogP contribution in [0.5, 0.6) is 0 Å². The summed E-state index contributed by atoms with van der Waals surface area (Å²) in [5.74, 6) is 0. The van der Waals surface area contributed by atoms with E-state index in [1.165, 1.54) is 12.3 Å². The highest BCUT2D eigenvalue weighted by atomic mass is 16.5. The molecule has 1 aromatic heterocycles. The first kappa shape index (κ1) is 5.33. The molecule has 0 aromatic carbocycles. The van der Waals surface area contributed by atoms with Gasteiger partial charge in [0.25, 0.3) is 0 Å². The SMILES string of the molecule is OB(O)c1ccno1. The van der Waals surface area contributed by atoms with Crippen LogP contribution in [0.1, 0.15) is 0 Å². The van der Waals surface area contributed by atoms with E-state index in [1.807, 2.05) is 0 Å². The predicted molar refractivity (Wildman–Crippen MR) is 26.3 cm³/mol. The molecule has 0 aliphatic carbocycles. The molecule has 0 bridgehead atoms. The normalized spacial score (nSPS) is 9.25. The van der Waals surface area contributed by atoms with E-state index >= 15 is 0 Å². The molecule has 0 saturated heterocycles. The van der Waals surface area contributed by atoms with Gasteiger partial charge in [-0.3, -0.25) is 0 Å². The van der Waals surface area contributed by atoms with Gasteiger partial charge in [-0.2, -0.15) is 0 Å². The molecule has 2 N–H and O–H groups in total. The van der Waals surface area contributed by atoms with Crippen molar-refractivity contribution in [2.75, 3.05) is 0 Å². The van der Waals surface area contributed by atoms with Crippen molar-refractivity contribution < 1.29 is 14.6 Å². The molecule has 0 aliphatic rings. The second-order valence-corrected chi connectivity index (χ2v) is 1.29. The van der Waals surface area contributed by atoms with E-state index < -0.39 is 7.12 Å². The Bertz CT molecular complexity index is 150. The molecule has 1 rings (SSSR count). The van der Waals surface area contributed by atoms with Crippen LogP contribution in [0.15, 0.2) is 16.8 Å². The van der Waals surface area contributed by atoms with Gasteiger partial charge in [-0.05, 0) is 6.07 Å². The molecule has 0 spiro atoms. The van der Waals surface area contributed by atoms with Gasteiger partial charge in [-0.25, -0.2) is 0 Å². The molecule has 1 aromatic rings. The van der Waals surface area contributed by atoms with Crippen molar-refractivity contribution in [2.24, 2.45) is 0 Å². The zero-order chi connectivity index (χ0) is 5.98. The summed E-state index contributed by atoms with van der Waals surface area (Å²) in [6.07, 6.45) is 1.34. The minimum atomic E-state index is -1.54. The number of hydrogen-bond donors (Lipinski definition) is 2. The molecule has 4 nitrogen and oxygen atoms in total. The van der Waals surface area contributed by atoms with Crippen LogP contribution in [0.4, 0.5) is 0 Å². The second-order valence-electron chi connectivity index (χ2n) is 1.29. The fraction of sp³-hybridized carbons (Fsp3) is 0. The zero-order valence-electron chi connectivity index (χ0n) is 3.98. The fourth-order valence-electron chi connectivity index (χ4n) is 0.359. The van der Waals surface area contributed by atoms with Crippen molar-refractivity contribution in [1.82, 2.24) is 5.16 Å². The molecule has 0 unspecified atom stereocenters. The average molecular weight is 113 g/mol. The first-order valence-corrected chi connectivity index (χ1v) is 2.07. The molecule has 42 valence electrons. The van der Waals surface area contributed by atoms with E-state index in [1.54, 1.807) is 0 Å². The topological polar surface area (TPSA) is 66.5 Å². The van der Waals surface area contributed by atoms with Crippen molar-refractivity contribution >= 4 is 12.8 Å². The van der Waals surface area contributed by atoms with Gasteiger partial charge < -0.3 is 14.6 Å². The highest BCUT2D eigenvalue weighted by Crippen LogP contribution is 1.76. The van der Waals surface area contributed by atoms with E-state index in [-0.39, 0.29) is 5.66 Å². The lowest BCUT2D eigenvalue weighted by Crippen LogP contribution is -2.27. The molecule has 0 atom stereocenters. The van der Waals surface area contributed by atoms with Crippen LogP contribution in [-0.2, 0) is 0 Å². The van der Waals surface area contributed by atoms with Crippen LogP contribution in [0.3, 0.4) is 0 Å². The lowest BCUT2D eigenvalue weighted by molar-refractivity contribution is 0.383. The van der Waals surface area contributed by atoms with Crippen LogP contribution >= 0.6 is 0 Å². The summed E-state index contributed by atoms with van der Waals surface area (Å²) in [6.45, 7) is 0. The van der Waals surface area contributed by atoms with Gasteiger partial charge in [0.2, 0.25) is 0 Å². The second kappa shape index (κ2) is 1.98. The highest BCUT2D eigenvalue weighted by Gasteiger charge is 2.13. The van der Waals surface area contributed by atoms with Gasteiger partial charge in [0.1, 0.15) is 0 Å². The maximum absolute atomic E-state index is 8.33. The van der Waals surface area contributed by atoms with Crippen LogP contribution in [-0.4, -0.2) is 22.3 Å². The smallest absolute Gasteiger partial charge is 0.421 e. The summed E-state index contributed by atoms with van der Waals surface area (Å²) in [7, 11) is -1.54. The van der Waals surface area contributed by atoms with Gasteiger partial charge in [0, 0.05) is 0 Å². The van der Waals surface area contributed by atoms with Crippen LogP contribution < -0.4 is 5.66 Å². The monoisotopic (exact) mass is 113 g/mol. The third-order valence-corrected chi connectivity index (χ3v) is 0.712. The number of nitrogens with zero attached hydrogens (tertiary/aromatic N) is 1. The Hall–Kier alpha value is -0.805. The van der Waals surface area contributed by atoms with Crippen molar-refractivity contribution in [2.45, 2.75) is 0 Å². The van der Waals surface area contributed by atoms with Crippen LogP contribution in [0, 0.1) is 0 Å². The third-order valence-electron chi connectivity index (χ3n) is 0.712. The first-order chi connectivity index (χ1) is 3.80. The van der Waals surface area contributed by atoms with Crippen LogP contribution in [0.2, 0.25) is 0 Å². The molecule has 0 saturated carbocycles. The maximum Gasteiger partial charge on any atom is 0.529 e. The molecular weight excluding hydrogens is 109 g/mol. The van der Waals surface area contributed by atoms with Crippen molar-refractivity contribution in [1.29, 1.82) is 0 Å². The molecule has 1 heterocycles. The van der Waals surface area contributed by atoms with Crippen LogP contribution in [0.25, 0.3) is 0 Å². The Morgan fingerprint density at radius 3 is 2.62 bits per heavy atom. The van der Waals surface area contributed by atoms with Gasteiger partial charge in [0.05, 0.1) is 6.20 Å². The molecule has 0 radical (unpaired) electrons. The Labute approximate surface area is 45.9 Å². The Morgan fingerprint density at radius 1 is 1.62 bits per heavy atom. The van der Waals surface area contributed by atoms with E-state index in [2.05, 4.69) is 9.68 Å². The van der Waals surface area contributed by atoms with E-state index in [0.29, 0.717) is 0 Å². The Morgan fingerprint density at radius 2 is 2.38 bits per heavy atom. The van der Waals surface area contributed by atoms with Crippen molar-refractivity contribution in [3.05, 3.63) is 12.3 Å². The summed E-state index contributed by atoms with van der Waals surface area (Å²) >= 11 is 0.